The van der Waals surface area contributed by atoms with Crippen LogP contribution in [0.4, 0.5) is 0 Å². The van der Waals surface area contributed by atoms with Crippen LogP contribution >= 0.6 is 0 Å². The average molecular weight is 237 g/mol. The second-order valence-corrected chi connectivity index (χ2v) is 4.30. The fourth-order valence-corrected chi connectivity index (χ4v) is 1.77. The highest BCUT2D eigenvalue weighted by Gasteiger charge is 2.19. The van der Waals surface area contributed by atoms with Gasteiger partial charge in [0.2, 0.25) is 5.88 Å². The predicted octanol–water partition coefficient (Wildman–Crippen LogP) is 2.57. The second-order valence-electron chi connectivity index (χ2n) is 4.30. The number of hydrogen-bond acceptors (Lipinski definition) is 4. The van der Waals surface area contributed by atoms with Crippen LogP contribution in [0.1, 0.15) is 45.3 Å². The molecule has 0 aromatic carbocycles. The smallest absolute Gasteiger partial charge is 0.216 e. The zero-order valence-corrected chi connectivity index (χ0v) is 11.2. The Morgan fingerprint density at radius 3 is 2.71 bits per heavy atom. The van der Waals surface area contributed by atoms with E-state index in [1.54, 1.807) is 13.4 Å². The van der Waals surface area contributed by atoms with E-state index in [0.717, 1.165) is 25.1 Å². The van der Waals surface area contributed by atoms with Crippen molar-refractivity contribution in [2.45, 2.75) is 39.7 Å². The van der Waals surface area contributed by atoms with Crippen LogP contribution in [0.2, 0.25) is 0 Å². The number of hydrogen-bond donors (Lipinski definition) is 1. The minimum atomic E-state index is 0.275. The molecule has 2 unspecified atom stereocenters. The van der Waals surface area contributed by atoms with Crippen LogP contribution in [0.15, 0.2) is 12.4 Å². The van der Waals surface area contributed by atoms with Gasteiger partial charge in [-0.25, -0.2) is 9.97 Å². The molecule has 0 bridgehead atoms. The van der Waals surface area contributed by atoms with Crippen molar-refractivity contribution < 1.29 is 4.74 Å². The average Bonchev–Trinajstić information content (AvgIpc) is 2.39. The zero-order chi connectivity index (χ0) is 12.7. The van der Waals surface area contributed by atoms with Crippen molar-refractivity contribution in [2.24, 2.45) is 5.92 Å². The number of rotatable bonds is 7. The fraction of sp³-hybridized carbons (Fsp3) is 0.692. The van der Waals surface area contributed by atoms with Gasteiger partial charge in [0.25, 0.3) is 0 Å². The molecule has 4 nitrogen and oxygen atoms in total. The molecule has 0 saturated heterocycles. The van der Waals surface area contributed by atoms with E-state index < -0.39 is 0 Å². The Morgan fingerprint density at radius 1 is 1.35 bits per heavy atom. The van der Waals surface area contributed by atoms with Crippen molar-refractivity contribution in [1.29, 1.82) is 0 Å². The number of nitrogens with zero attached hydrogens (tertiary/aromatic N) is 2. The van der Waals surface area contributed by atoms with Crippen LogP contribution in [0.5, 0.6) is 5.88 Å². The van der Waals surface area contributed by atoms with Gasteiger partial charge in [-0.05, 0) is 18.9 Å². The van der Waals surface area contributed by atoms with Crippen molar-refractivity contribution in [3.63, 3.8) is 0 Å². The van der Waals surface area contributed by atoms with E-state index in [1.807, 2.05) is 6.07 Å². The lowest BCUT2D eigenvalue weighted by atomic mass is 9.96. The van der Waals surface area contributed by atoms with Crippen molar-refractivity contribution in [3.05, 3.63) is 18.1 Å². The first-order chi connectivity index (χ1) is 8.22. The van der Waals surface area contributed by atoms with Crippen LogP contribution in [-0.2, 0) is 0 Å². The number of methoxy groups -OCH3 is 1. The molecule has 0 aliphatic rings. The highest BCUT2D eigenvalue weighted by molar-refractivity contribution is 5.17. The summed E-state index contributed by atoms with van der Waals surface area (Å²) in [7, 11) is 1.63. The zero-order valence-electron chi connectivity index (χ0n) is 11.2. The standard InChI is InChI=1S/C13H23N3O/c1-5-7-14-13(10(3)6-2)11-8-12(17-4)16-9-15-11/h8-10,13-14H,5-7H2,1-4H3. The largest absolute Gasteiger partial charge is 0.481 e. The highest BCUT2D eigenvalue weighted by Crippen LogP contribution is 2.24. The molecule has 0 radical (unpaired) electrons. The predicted molar refractivity (Wildman–Crippen MR) is 69.1 cm³/mol. The molecule has 4 heteroatoms. The third-order valence-electron chi connectivity index (χ3n) is 3.02. The van der Waals surface area contributed by atoms with Gasteiger partial charge < -0.3 is 10.1 Å². The minimum absolute atomic E-state index is 0.275. The van der Waals surface area contributed by atoms with Crippen molar-refractivity contribution in [1.82, 2.24) is 15.3 Å². The van der Waals surface area contributed by atoms with Crippen LogP contribution in [-0.4, -0.2) is 23.6 Å². The van der Waals surface area contributed by atoms with Gasteiger partial charge in [-0.15, -0.1) is 0 Å². The van der Waals surface area contributed by atoms with E-state index in [4.69, 9.17) is 4.74 Å². The van der Waals surface area contributed by atoms with Crippen LogP contribution in [0.3, 0.4) is 0 Å². The first kappa shape index (κ1) is 13.9. The van der Waals surface area contributed by atoms with Crippen LogP contribution in [0, 0.1) is 5.92 Å². The van der Waals surface area contributed by atoms with E-state index in [9.17, 15) is 0 Å². The van der Waals surface area contributed by atoms with Crippen molar-refractivity contribution >= 4 is 0 Å². The van der Waals surface area contributed by atoms with Crippen molar-refractivity contribution in [3.8, 4) is 5.88 Å². The molecule has 17 heavy (non-hydrogen) atoms. The Bertz CT molecular complexity index is 330. The van der Waals surface area contributed by atoms with E-state index >= 15 is 0 Å². The fourth-order valence-electron chi connectivity index (χ4n) is 1.77. The maximum Gasteiger partial charge on any atom is 0.216 e. The Balaban J connectivity index is 2.86. The molecule has 0 aliphatic carbocycles. The van der Waals surface area contributed by atoms with Gasteiger partial charge >= 0.3 is 0 Å². The van der Waals surface area contributed by atoms with Crippen molar-refractivity contribution in [2.75, 3.05) is 13.7 Å². The lowest BCUT2D eigenvalue weighted by molar-refractivity contribution is 0.361. The topological polar surface area (TPSA) is 47.0 Å². The quantitative estimate of drug-likeness (QED) is 0.791. The lowest BCUT2D eigenvalue weighted by Crippen LogP contribution is -2.28. The summed E-state index contributed by atoms with van der Waals surface area (Å²) in [5.74, 6) is 1.17. The molecule has 1 N–H and O–H groups in total. The van der Waals surface area contributed by atoms with Crippen LogP contribution < -0.4 is 10.1 Å². The molecule has 96 valence electrons. The Hall–Kier alpha value is -1.16. The molecule has 1 aromatic rings. The molecule has 2 atom stereocenters. The molecule has 1 heterocycles. The Labute approximate surface area is 104 Å². The lowest BCUT2D eigenvalue weighted by Gasteiger charge is -2.23. The number of nitrogens with one attached hydrogen (secondary N) is 1. The molecule has 0 amide bonds. The van der Waals surface area contributed by atoms with Gasteiger partial charge in [0.05, 0.1) is 18.8 Å². The summed E-state index contributed by atoms with van der Waals surface area (Å²) in [6.07, 6.45) is 3.81. The van der Waals surface area contributed by atoms with Gasteiger partial charge in [-0.3, -0.25) is 0 Å². The third-order valence-corrected chi connectivity index (χ3v) is 3.02. The highest BCUT2D eigenvalue weighted by atomic mass is 16.5. The second kappa shape index (κ2) is 7.22. The van der Waals surface area contributed by atoms with Gasteiger partial charge in [0, 0.05) is 6.07 Å². The molecule has 1 aromatic heterocycles. The van der Waals surface area contributed by atoms with Gasteiger partial charge in [-0.1, -0.05) is 27.2 Å². The summed E-state index contributed by atoms with van der Waals surface area (Å²) in [5, 5.41) is 3.54. The first-order valence-corrected chi connectivity index (χ1v) is 6.32. The molecular weight excluding hydrogens is 214 g/mol. The summed E-state index contributed by atoms with van der Waals surface area (Å²) >= 11 is 0. The van der Waals surface area contributed by atoms with Crippen LogP contribution in [0.25, 0.3) is 0 Å². The van der Waals surface area contributed by atoms with E-state index in [-0.39, 0.29) is 6.04 Å². The minimum Gasteiger partial charge on any atom is -0.481 e. The number of aromatic nitrogens is 2. The maximum atomic E-state index is 5.14. The summed E-state index contributed by atoms with van der Waals surface area (Å²) in [6.45, 7) is 7.61. The third kappa shape index (κ3) is 3.97. The van der Waals surface area contributed by atoms with E-state index in [2.05, 4.69) is 36.1 Å². The molecular formula is C13H23N3O. The molecule has 0 spiro atoms. The van der Waals surface area contributed by atoms with Gasteiger partial charge in [0.15, 0.2) is 0 Å². The Morgan fingerprint density at radius 2 is 2.12 bits per heavy atom. The first-order valence-electron chi connectivity index (χ1n) is 6.32. The summed E-state index contributed by atoms with van der Waals surface area (Å²) in [4.78, 5) is 8.40. The van der Waals surface area contributed by atoms with Gasteiger partial charge in [0.1, 0.15) is 6.33 Å². The summed E-state index contributed by atoms with van der Waals surface area (Å²) in [6, 6.07) is 2.19. The maximum absolute atomic E-state index is 5.14. The molecule has 0 fully saturated rings. The Kier molecular flexibility index (Phi) is 5.91. The molecule has 0 saturated carbocycles. The normalized spacial score (nSPS) is 14.4. The van der Waals surface area contributed by atoms with E-state index in [0.29, 0.717) is 11.8 Å². The molecule has 0 aliphatic heterocycles. The van der Waals surface area contributed by atoms with Gasteiger partial charge in [-0.2, -0.15) is 0 Å². The molecule has 1 rings (SSSR count). The number of ether oxygens (including phenoxy) is 1. The van der Waals surface area contributed by atoms with E-state index in [1.165, 1.54) is 0 Å². The monoisotopic (exact) mass is 237 g/mol. The SMILES string of the molecule is CCCNC(c1cc(OC)ncn1)C(C)CC. The summed E-state index contributed by atoms with van der Waals surface area (Å²) < 4.78 is 5.14. The summed E-state index contributed by atoms with van der Waals surface area (Å²) in [5.41, 5.74) is 1.01.